The van der Waals surface area contributed by atoms with Crippen LogP contribution in [0.5, 0.6) is 0 Å². The number of benzene rings is 1. The SMILES string of the molecule is CC(N)c1ccn(Cc2c(F)cccc2Cl)c1. The average molecular weight is 253 g/mol. The zero-order chi connectivity index (χ0) is 12.4. The van der Waals surface area contributed by atoms with Crippen LogP contribution < -0.4 is 5.73 Å². The molecule has 1 unspecified atom stereocenters. The van der Waals surface area contributed by atoms with Crippen molar-refractivity contribution >= 4 is 11.6 Å². The van der Waals surface area contributed by atoms with Crippen molar-refractivity contribution in [1.82, 2.24) is 4.57 Å². The summed E-state index contributed by atoms with van der Waals surface area (Å²) in [4.78, 5) is 0. The lowest BCUT2D eigenvalue weighted by atomic mass is 10.2. The zero-order valence-electron chi connectivity index (χ0n) is 9.53. The molecule has 2 aromatic rings. The number of nitrogens with zero attached hydrogens (tertiary/aromatic N) is 1. The fraction of sp³-hybridized carbons (Fsp3) is 0.231. The van der Waals surface area contributed by atoms with E-state index in [2.05, 4.69) is 0 Å². The molecule has 2 N–H and O–H groups in total. The van der Waals surface area contributed by atoms with Crippen molar-refractivity contribution in [2.24, 2.45) is 5.73 Å². The molecule has 4 heteroatoms. The van der Waals surface area contributed by atoms with E-state index in [0.29, 0.717) is 17.1 Å². The quantitative estimate of drug-likeness (QED) is 0.892. The fourth-order valence-corrected chi connectivity index (χ4v) is 1.92. The maximum absolute atomic E-state index is 13.6. The molecule has 1 heterocycles. The molecule has 0 radical (unpaired) electrons. The first-order valence-electron chi connectivity index (χ1n) is 5.42. The summed E-state index contributed by atoms with van der Waals surface area (Å²) in [6.45, 7) is 2.33. The van der Waals surface area contributed by atoms with Crippen LogP contribution in [0.1, 0.15) is 24.1 Å². The lowest BCUT2D eigenvalue weighted by molar-refractivity contribution is 0.599. The van der Waals surface area contributed by atoms with Gasteiger partial charge < -0.3 is 10.3 Å². The first kappa shape index (κ1) is 12.1. The number of halogens is 2. The zero-order valence-corrected chi connectivity index (χ0v) is 10.3. The topological polar surface area (TPSA) is 30.9 Å². The van der Waals surface area contributed by atoms with Gasteiger partial charge in [0, 0.05) is 29.0 Å². The van der Waals surface area contributed by atoms with Crippen molar-refractivity contribution < 1.29 is 4.39 Å². The van der Waals surface area contributed by atoms with Crippen molar-refractivity contribution in [2.45, 2.75) is 19.5 Å². The van der Waals surface area contributed by atoms with Gasteiger partial charge >= 0.3 is 0 Å². The molecule has 0 fully saturated rings. The highest BCUT2D eigenvalue weighted by atomic mass is 35.5. The van der Waals surface area contributed by atoms with E-state index < -0.39 is 0 Å². The van der Waals surface area contributed by atoms with E-state index in [4.69, 9.17) is 17.3 Å². The summed E-state index contributed by atoms with van der Waals surface area (Å²) in [7, 11) is 0. The van der Waals surface area contributed by atoms with Crippen molar-refractivity contribution in [3.63, 3.8) is 0 Å². The molecule has 0 bridgehead atoms. The van der Waals surface area contributed by atoms with Crippen LogP contribution in [0.15, 0.2) is 36.7 Å². The molecule has 2 rings (SSSR count). The molecule has 0 aliphatic heterocycles. The molecule has 17 heavy (non-hydrogen) atoms. The summed E-state index contributed by atoms with van der Waals surface area (Å²) in [6, 6.07) is 6.61. The largest absolute Gasteiger partial charge is 0.349 e. The Kier molecular flexibility index (Phi) is 3.50. The summed E-state index contributed by atoms with van der Waals surface area (Å²) in [5.74, 6) is -0.284. The molecule has 1 aromatic heterocycles. The Morgan fingerprint density at radius 1 is 1.41 bits per heavy atom. The second kappa shape index (κ2) is 4.90. The third kappa shape index (κ3) is 2.68. The normalized spacial score (nSPS) is 12.7. The second-order valence-electron chi connectivity index (χ2n) is 4.11. The predicted molar refractivity (Wildman–Crippen MR) is 67.5 cm³/mol. The Morgan fingerprint density at radius 2 is 2.18 bits per heavy atom. The molecular formula is C13H14ClFN2. The van der Waals surface area contributed by atoms with Gasteiger partial charge in [0.25, 0.3) is 0 Å². The van der Waals surface area contributed by atoms with Gasteiger partial charge in [0.2, 0.25) is 0 Å². The number of aromatic nitrogens is 1. The van der Waals surface area contributed by atoms with Gasteiger partial charge in [0.1, 0.15) is 5.82 Å². The third-order valence-corrected chi connectivity index (χ3v) is 3.06. The van der Waals surface area contributed by atoms with Crippen LogP contribution in [-0.2, 0) is 6.54 Å². The highest BCUT2D eigenvalue weighted by molar-refractivity contribution is 6.31. The van der Waals surface area contributed by atoms with Gasteiger partial charge in [-0.3, -0.25) is 0 Å². The summed E-state index contributed by atoms with van der Waals surface area (Å²) in [6.07, 6.45) is 3.79. The lowest BCUT2D eigenvalue weighted by Crippen LogP contribution is -2.04. The maximum Gasteiger partial charge on any atom is 0.129 e. The minimum absolute atomic E-state index is 0.0210. The molecule has 0 aliphatic rings. The molecule has 0 saturated heterocycles. The summed E-state index contributed by atoms with van der Waals surface area (Å²) >= 11 is 5.97. The molecule has 0 aliphatic carbocycles. The van der Waals surface area contributed by atoms with Gasteiger partial charge in [-0.25, -0.2) is 4.39 Å². The maximum atomic E-state index is 13.6. The molecule has 0 amide bonds. The standard InChI is InChI=1S/C13H14ClFN2/c1-9(16)10-5-6-17(7-10)8-11-12(14)3-2-4-13(11)15/h2-7,9H,8,16H2,1H3. The minimum Gasteiger partial charge on any atom is -0.349 e. The minimum atomic E-state index is -0.284. The average Bonchev–Trinajstić information content (AvgIpc) is 2.72. The Hall–Kier alpha value is -1.32. The van der Waals surface area contributed by atoms with Gasteiger partial charge in [-0.05, 0) is 30.7 Å². The molecule has 0 saturated carbocycles. The second-order valence-corrected chi connectivity index (χ2v) is 4.51. The van der Waals surface area contributed by atoms with Crippen LogP contribution in [0.2, 0.25) is 5.02 Å². The Morgan fingerprint density at radius 3 is 2.76 bits per heavy atom. The molecular weight excluding hydrogens is 239 g/mol. The van der Waals surface area contributed by atoms with Gasteiger partial charge in [0.05, 0.1) is 6.54 Å². The molecule has 1 atom stereocenters. The number of hydrogen-bond acceptors (Lipinski definition) is 1. The fourth-order valence-electron chi connectivity index (χ4n) is 1.69. The lowest BCUT2D eigenvalue weighted by Gasteiger charge is -2.07. The van der Waals surface area contributed by atoms with E-state index in [1.54, 1.807) is 12.1 Å². The summed E-state index contributed by atoms with van der Waals surface area (Å²) in [5, 5.41) is 0.445. The Labute approximate surface area is 105 Å². The first-order valence-corrected chi connectivity index (χ1v) is 5.80. The van der Waals surface area contributed by atoms with Gasteiger partial charge in [-0.1, -0.05) is 17.7 Å². The Balaban J connectivity index is 2.25. The smallest absolute Gasteiger partial charge is 0.129 e. The van der Waals surface area contributed by atoms with Crippen LogP contribution in [0.4, 0.5) is 4.39 Å². The summed E-state index contributed by atoms with van der Waals surface area (Å²) in [5.41, 5.74) is 7.29. The van der Waals surface area contributed by atoms with Crippen LogP contribution >= 0.6 is 11.6 Å². The van der Waals surface area contributed by atoms with Crippen LogP contribution in [0, 0.1) is 5.82 Å². The van der Waals surface area contributed by atoms with Crippen LogP contribution in [-0.4, -0.2) is 4.57 Å². The van der Waals surface area contributed by atoms with Crippen molar-refractivity contribution in [1.29, 1.82) is 0 Å². The van der Waals surface area contributed by atoms with Crippen molar-refractivity contribution in [3.8, 4) is 0 Å². The van der Waals surface area contributed by atoms with Crippen molar-refractivity contribution in [2.75, 3.05) is 0 Å². The summed E-state index contributed by atoms with van der Waals surface area (Å²) < 4.78 is 15.5. The third-order valence-electron chi connectivity index (χ3n) is 2.70. The molecule has 0 spiro atoms. The van der Waals surface area contributed by atoms with Crippen LogP contribution in [0.25, 0.3) is 0 Å². The van der Waals surface area contributed by atoms with E-state index in [1.807, 2.05) is 30.0 Å². The molecule has 1 aromatic carbocycles. The van der Waals surface area contributed by atoms with E-state index >= 15 is 0 Å². The highest BCUT2D eigenvalue weighted by Gasteiger charge is 2.08. The van der Waals surface area contributed by atoms with E-state index in [9.17, 15) is 4.39 Å². The Bertz CT molecular complexity index is 500. The van der Waals surface area contributed by atoms with Gasteiger partial charge in [0.15, 0.2) is 0 Å². The van der Waals surface area contributed by atoms with E-state index in [-0.39, 0.29) is 11.9 Å². The van der Waals surface area contributed by atoms with E-state index in [1.165, 1.54) is 6.07 Å². The predicted octanol–water partition coefficient (Wildman–Crippen LogP) is 3.35. The molecule has 2 nitrogen and oxygen atoms in total. The van der Waals surface area contributed by atoms with Gasteiger partial charge in [-0.2, -0.15) is 0 Å². The van der Waals surface area contributed by atoms with Crippen LogP contribution in [0.3, 0.4) is 0 Å². The monoisotopic (exact) mass is 252 g/mol. The number of hydrogen-bond donors (Lipinski definition) is 1. The van der Waals surface area contributed by atoms with E-state index in [0.717, 1.165) is 5.56 Å². The highest BCUT2D eigenvalue weighted by Crippen LogP contribution is 2.21. The number of rotatable bonds is 3. The van der Waals surface area contributed by atoms with Gasteiger partial charge in [-0.15, -0.1) is 0 Å². The van der Waals surface area contributed by atoms with Crippen molar-refractivity contribution in [3.05, 3.63) is 58.6 Å². The molecule has 90 valence electrons. The first-order chi connectivity index (χ1) is 8.08. The number of nitrogens with two attached hydrogens (primary N) is 1.